The third kappa shape index (κ3) is 3.77. The molecule has 3 heteroatoms. The van der Waals surface area contributed by atoms with E-state index < -0.39 is 0 Å². The fourth-order valence-corrected chi connectivity index (χ4v) is 4.17. The SMILES string of the molecule is COC(=O)c1ccc(C=C2CCCC(C3CCCCC3)C2=O)cc1. The zero-order valence-electron chi connectivity index (χ0n) is 14.4. The van der Waals surface area contributed by atoms with E-state index in [9.17, 15) is 9.59 Å². The number of rotatable bonds is 3. The van der Waals surface area contributed by atoms with E-state index in [0.717, 1.165) is 30.4 Å². The molecule has 1 aromatic carbocycles. The molecule has 0 spiro atoms. The smallest absolute Gasteiger partial charge is 0.337 e. The molecule has 0 N–H and O–H groups in total. The Labute approximate surface area is 144 Å². The Morgan fingerprint density at radius 3 is 2.42 bits per heavy atom. The molecular formula is C21H26O3. The maximum Gasteiger partial charge on any atom is 0.337 e. The number of esters is 1. The van der Waals surface area contributed by atoms with Crippen molar-refractivity contribution >= 4 is 17.8 Å². The Bertz CT molecular complexity index is 621. The monoisotopic (exact) mass is 326 g/mol. The summed E-state index contributed by atoms with van der Waals surface area (Å²) in [5.74, 6) is 0.863. The molecule has 3 rings (SSSR count). The van der Waals surface area contributed by atoms with Crippen molar-refractivity contribution in [2.45, 2.75) is 51.4 Å². The van der Waals surface area contributed by atoms with Gasteiger partial charge >= 0.3 is 5.97 Å². The van der Waals surface area contributed by atoms with Crippen LogP contribution in [0.4, 0.5) is 0 Å². The summed E-state index contributed by atoms with van der Waals surface area (Å²) in [6.07, 6.45) is 11.4. The number of ketones is 1. The van der Waals surface area contributed by atoms with E-state index >= 15 is 0 Å². The van der Waals surface area contributed by atoms with Crippen molar-refractivity contribution in [2.75, 3.05) is 7.11 Å². The molecule has 0 aromatic heterocycles. The average molecular weight is 326 g/mol. The topological polar surface area (TPSA) is 43.4 Å². The van der Waals surface area contributed by atoms with Gasteiger partial charge in [-0.05, 0) is 67.4 Å². The van der Waals surface area contributed by atoms with Gasteiger partial charge in [0.1, 0.15) is 0 Å². The molecule has 0 bridgehead atoms. The number of methoxy groups -OCH3 is 1. The second-order valence-corrected chi connectivity index (χ2v) is 7.04. The van der Waals surface area contributed by atoms with Gasteiger partial charge in [0.15, 0.2) is 5.78 Å². The Morgan fingerprint density at radius 2 is 1.75 bits per heavy atom. The van der Waals surface area contributed by atoms with Crippen molar-refractivity contribution in [3.05, 3.63) is 41.0 Å². The summed E-state index contributed by atoms with van der Waals surface area (Å²) < 4.78 is 4.72. The molecule has 2 aliphatic rings. The van der Waals surface area contributed by atoms with Crippen LogP contribution in [0, 0.1) is 11.8 Å². The number of hydrogen-bond acceptors (Lipinski definition) is 3. The molecular weight excluding hydrogens is 300 g/mol. The Kier molecular flexibility index (Phi) is 5.49. The van der Waals surface area contributed by atoms with E-state index in [2.05, 4.69) is 0 Å². The Balaban J connectivity index is 1.74. The molecule has 128 valence electrons. The molecule has 0 saturated heterocycles. The quantitative estimate of drug-likeness (QED) is 0.591. The van der Waals surface area contributed by atoms with E-state index in [1.54, 1.807) is 12.1 Å². The maximum atomic E-state index is 12.9. The van der Waals surface area contributed by atoms with Crippen LogP contribution < -0.4 is 0 Å². The van der Waals surface area contributed by atoms with E-state index in [1.807, 2.05) is 18.2 Å². The number of carbonyl (C=O) groups is 2. The molecule has 1 aromatic rings. The largest absolute Gasteiger partial charge is 0.465 e. The Hall–Kier alpha value is -1.90. The summed E-state index contributed by atoms with van der Waals surface area (Å²) in [6.45, 7) is 0. The summed E-state index contributed by atoms with van der Waals surface area (Å²) in [5.41, 5.74) is 2.48. The predicted molar refractivity (Wildman–Crippen MR) is 94.7 cm³/mol. The summed E-state index contributed by atoms with van der Waals surface area (Å²) in [4.78, 5) is 24.4. The van der Waals surface area contributed by atoms with Crippen LogP contribution in [-0.4, -0.2) is 18.9 Å². The number of Topliss-reactive ketones (excluding diaryl/α,β-unsaturated/α-hetero) is 1. The molecule has 0 heterocycles. The van der Waals surface area contributed by atoms with Gasteiger partial charge in [0, 0.05) is 5.92 Å². The van der Waals surface area contributed by atoms with Crippen molar-refractivity contribution in [2.24, 2.45) is 11.8 Å². The van der Waals surface area contributed by atoms with Gasteiger partial charge in [-0.2, -0.15) is 0 Å². The van der Waals surface area contributed by atoms with Gasteiger partial charge in [-0.3, -0.25) is 4.79 Å². The van der Waals surface area contributed by atoms with Crippen LogP contribution in [0.15, 0.2) is 29.8 Å². The number of benzene rings is 1. The molecule has 24 heavy (non-hydrogen) atoms. The fourth-order valence-electron chi connectivity index (χ4n) is 4.17. The summed E-state index contributed by atoms with van der Waals surface area (Å²) in [5, 5.41) is 0. The van der Waals surface area contributed by atoms with Crippen molar-refractivity contribution in [1.82, 2.24) is 0 Å². The van der Waals surface area contributed by atoms with Crippen LogP contribution in [0.2, 0.25) is 0 Å². The molecule has 2 fully saturated rings. The minimum absolute atomic E-state index is 0.236. The molecule has 2 aliphatic carbocycles. The van der Waals surface area contributed by atoms with Crippen molar-refractivity contribution in [1.29, 1.82) is 0 Å². The van der Waals surface area contributed by atoms with E-state index in [-0.39, 0.29) is 11.9 Å². The third-order valence-electron chi connectivity index (χ3n) is 5.51. The normalized spacial score (nSPS) is 24.1. The summed E-state index contributed by atoms with van der Waals surface area (Å²) >= 11 is 0. The molecule has 0 radical (unpaired) electrons. The highest BCUT2D eigenvalue weighted by atomic mass is 16.5. The second kappa shape index (κ2) is 7.78. The summed E-state index contributed by atoms with van der Waals surface area (Å²) in [7, 11) is 1.38. The molecule has 2 saturated carbocycles. The molecule has 0 amide bonds. The van der Waals surface area contributed by atoms with Gasteiger partial charge in [-0.25, -0.2) is 4.79 Å². The van der Waals surface area contributed by atoms with Crippen molar-refractivity contribution in [3.8, 4) is 0 Å². The van der Waals surface area contributed by atoms with Crippen LogP contribution in [-0.2, 0) is 9.53 Å². The van der Waals surface area contributed by atoms with Crippen molar-refractivity contribution < 1.29 is 14.3 Å². The van der Waals surface area contributed by atoms with Crippen LogP contribution >= 0.6 is 0 Å². The maximum absolute atomic E-state index is 12.9. The molecule has 0 aliphatic heterocycles. The van der Waals surface area contributed by atoms with Crippen LogP contribution in [0.1, 0.15) is 67.3 Å². The van der Waals surface area contributed by atoms with Gasteiger partial charge in [-0.15, -0.1) is 0 Å². The van der Waals surface area contributed by atoms with Crippen molar-refractivity contribution in [3.63, 3.8) is 0 Å². The highest BCUT2D eigenvalue weighted by Gasteiger charge is 2.33. The van der Waals surface area contributed by atoms with E-state index in [0.29, 0.717) is 17.3 Å². The Morgan fingerprint density at radius 1 is 1.04 bits per heavy atom. The van der Waals surface area contributed by atoms with Gasteiger partial charge in [0.05, 0.1) is 12.7 Å². The number of ether oxygens (including phenoxy) is 1. The molecule has 1 unspecified atom stereocenters. The standard InChI is InChI=1S/C21H26O3/c1-24-21(23)17-12-10-15(11-13-17)14-18-8-5-9-19(20(18)22)16-6-3-2-4-7-16/h10-14,16,19H,2-9H2,1H3. The zero-order valence-corrected chi connectivity index (χ0v) is 14.4. The van der Waals surface area contributed by atoms with E-state index in [1.165, 1.54) is 39.2 Å². The lowest BCUT2D eigenvalue weighted by molar-refractivity contribution is -0.122. The lowest BCUT2D eigenvalue weighted by Gasteiger charge is -2.32. The molecule has 3 nitrogen and oxygen atoms in total. The number of hydrogen-bond donors (Lipinski definition) is 0. The van der Waals surface area contributed by atoms with Crippen LogP contribution in [0.5, 0.6) is 0 Å². The van der Waals surface area contributed by atoms with Gasteiger partial charge in [0.25, 0.3) is 0 Å². The highest BCUT2D eigenvalue weighted by Crippen LogP contribution is 2.38. The average Bonchev–Trinajstić information content (AvgIpc) is 2.64. The van der Waals surface area contributed by atoms with Crippen LogP contribution in [0.25, 0.3) is 6.08 Å². The first-order valence-electron chi connectivity index (χ1n) is 9.12. The first-order valence-corrected chi connectivity index (χ1v) is 9.12. The fraction of sp³-hybridized carbons (Fsp3) is 0.524. The first kappa shape index (κ1) is 16.9. The third-order valence-corrected chi connectivity index (χ3v) is 5.51. The number of allylic oxidation sites excluding steroid dienone is 1. The minimum atomic E-state index is -0.333. The highest BCUT2D eigenvalue weighted by molar-refractivity contribution is 6.02. The predicted octanol–water partition coefficient (Wildman–Crippen LogP) is 4.81. The lowest BCUT2D eigenvalue weighted by Crippen LogP contribution is -2.30. The van der Waals surface area contributed by atoms with E-state index in [4.69, 9.17) is 4.74 Å². The number of carbonyl (C=O) groups excluding carboxylic acids is 2. The molecule has 1 atom stereocenters. The van der Waals surface area contributed by atoms with Gasteiger partial charge in [-0.1, -0.05) is 31.4 Å². The first-order chi connectivity index (χ1) is 11.7. The minimum Gasteiger partial charge on any atom is -0.465 e. The van der Waals surface area contributed by atoms with Gasteiger partial charge < -0.3 is 4.74 Å². The zero-order chi connectivity index (χ0) is 16.9. The lowest BCUT2D eigenvalue weighted by atomic mass is 9.71. The summed E-state index contributed by atoms with van der Waals surface area (Å²) in [6, 6.07) is 7.28. The second-order valence-electron chi connectivity index (χ2n) is 7.04. The van der Waals surface area contributed by atoms with Gasteiger partial charge in [0.2, 0.25) is 0 Å². The van der Waals surface area contributed by atoms with Crippen LogP contribution in [0.3, 0.4) is 0 Å².